The first-order valence-corrected chi connectivity index (χ1v) is 13.3. The van der Waals surface area contributed by atoms with E-state index in [1.807, 2.05) is 72.8 Å². The van der Waals surface area contributed by atoms with Gasteiger partial charge in [-0.15, -0.1) is 5.10 Å². The van der Waals surface area contributed by atoms with Crippen molar-refractivity contribution in [2.45, 2.75) is 39.3 Å². The maximum Gasteiger partial charge on any atom is 0.226 e. The van der Waals surface area contributed by atoms with E-state index in [4.69, 9.17) is 31.2 Å². The number of aromatic nitrogens is 3. The van der Waals surface area contributed by atoms with Gasteiger partial charge in [-0.05, 0) is 47.2 Å². The lowest BCUT2D eigenvalue weighted by Crippen LogP contribution is -2.36. The zero-order valence-electron chi connectivity index (χ0n) is 22.1. The molecular formula is C31H29ClN4O3. The number of ketones is 1. The van der Waals surface area contributed by atoms with Crippen molar-refractivity contribution in [1.82, 2.24) is 14.8 Å². The molecule has 6 rings (SSSR count). The summed E-state index contributed by atoms with van der Waals surface area (Å²) in [6, 6.07) is 22.8. The van der Waals surface area contributed by atoms with Crippen molar-refractivity contribution >= 4 is 23.3 Å². The summed E-state index contributed by atoms with van der Waals surface area (Å²) in [6.45, 7) is 4.64. The second-order valence-corrected chi connectivity index (χ2v) is 11.1. The van der Waals surface area contributed by atoms with Gasteiger partial charge in [0.15, 0.2) is 23.1 Å². The fourth-order valence-electron chi connectivity index (χ4n) is 5.38. The van der Waals surface area contributed by atoms with E-state index in [-0.39, 0.29) is 11.2 Å². The normalized spacial score (nSPS) is 17.7. The van der Waals surface area contributed by atoms with Gasteiger partial charge < -0.3 is 14.8 Å². The summed E-state index contributed by atoms with van der Waals surface area (Å²) in [4.78, 5) is 18.4. The Balaban J connectivity index is 1.43. The number of nitrogens with one attached hydrogen (secondary N) is 1. The van der Waals surface area contributed by atoms with E-state index in [2.05, 4.69) is 19.2 Å². The van der Waals surface area contributed by atoms with Crippen molar-refractivity contribution in [2.24, 2.45) is 5.41 Å². The number of ether oxygens (including phenoxy) is 2. The highest BCUT2D eigenvalue weighted by Gasteiger charge is 2.42. The van der Waals surface area contributed by atoms with Gasteiger partial charge >= 0.3 is 0 Å². The number of nitrogens with zero attached hydrogens (tertiary/aromatic N) is 3. The second kappa shape index (κ2) is 9.89. The molecule has 7 nitrogen and oxygen atoms in total. The van der Waals surface area contributed by atoms with Crippen LogP contribution in [0.5, 0.6) is 11.5 Å². The molecule has 1 aliphatic carbocycles. The second-order valence-electron chi connectivity index (χ2n) is 10.7. The van der Waals surface area contributed by atoms with Gasteiger partial charge in [-0.2, -0.15) is 4.98 Å². The number of anilines is 1. The van der Waals surface area contributed by atoms with E-state index in [9.17, 15) is 4.79 Å². The summed E-state index contributed by atoms with van der Waals surface area (Å²) < 4.78 is 13.6. The minimum Gasteiger partial charge on any atom is -0.493 e. The molecule has 4 aromatic rings. The Kier molecular flexibility index (Phi) is 6.39. The van der Waals surface area contributed by atoms with Crippen LogP contribution in [-0.2, 0) is 11.4 Å². The molecule has 198 valence electrons. The lowest BCUT2D eigenvalue weighted by Gasteiger charge is -2.38. The van der Waals surface area contributed by atoms with Gasteiger partial charge in [0.2, 0.25) is 5.95 Å². The van der Waals surface area contributed by atoms with E-state index in [0.717, 1.165) is 28.8 Å². The third-order valence-electron chi connectivity index (χ3n) is 7.19. The number of carbonyl (C=O) groups excluding carboxylic acids is 1. The highest BCUT2D eigenvalue weighted by molar-refractivity contribution is 6.33. The maximum absolute atomic E-state index is 13.6. The molecule has 0 radical (unpaired) electrons. The van der Waals surface area contributed by atoms with E-state index in [1.165, 1.54) is 0 Å². The number of allylic oxidation sites excluding steroid dienone is 2. The van der Waals surface area contributed by atoms with Crippen LogP contribution in [-0.4, -0.2) is 27.7 Å². The van der Waals surface area contributed by atoms with Crippen LogP contribution in [0, 0.1) is 5.41 Å². The molecule has 0 bridgehead atoms. The van der Waals surface area contributed by atoms with E-state index < -0.39 is 6.04 Å². The predicted octanol–water partition coefficient (Wildman–Crippen LogP) is 6.84. The van der Waals surface area contributed by atoms with E-state index >= 15 is 0 Å². The minimum atomic E-state index is -0.472. The Hall–Kier alpha value is -4.10. The zero-order valence-corrected chi connectivity index (χ0v) is 22.8. The average molecular weight is 541 g/mol. The van der Waals surface area contributed by atoms with Crippen molar-refractivity contribution < 1.29 is 14.3 Å². The van der Waals surface area contributed by atoms with Crippen LogP contribution in [0.4, 0.5) is 5.95 Å². The third-order valence-corrected chi connectivity index (χ3v) is 7.52. The molecule has 3 aromatic carbocycles. The molecule has 1 aliphatic heterocycles. The van der Waals surface area contributed by atoms with Crippen molar-refractivity contribution in [3.05, 3.63) is 100 Å². The van der Waals surface area contributed by atoms with Crippen molar-refractivity contribution in [3.63, 3.8) is 0 Å². The lowest BCUT2D eigenvalue weighted by molar-refractivity contribution is -0.118. The summed E-state index contributed by atoms with van der Waals surface area (Å²) in [5.74, 6) is 2.38. The number of methoxy groups -OCH3 is 1. The van der Waals surface area contributed by atoms with Gasteiger partial charge in [0, 0.05) is 23.3 Å². The fraction of sp³-hybridized carbons (Fsp3) is 0.258. The quantitative estimate of drug-likeness (QED) is 0.288. The molecule has 1 aromatic heterocycles. The summed E-state index contributed by atoms with van der Waals surface area (Å²) in [6.07, 6.45) is 1.19. The number of rotatable bonds is 6. The summed E-state index contributed by atoms with van der Waals surface area (Å²) in [7, 11) is 1.62. The predicted molar refractivity (Wildman–Crippen MR) is 151 cm³/mol. The summed E-state index contributed by atoms with van der Waals surface area (Å²) in [5, 5.41) is 8.84. The van der Waals surface area contributed by atoms with Crippen LogP contribution >= 0.6 is 11.6 Å². The molecule has 39 heavy (non-hydrogen) atoms. The first-order valence-electron chi connectivity index (χ1n) is 12.9. The van der Waals surface area contributed by atoms with Crippen LogP contribution in [0.2, 0.25) is 5.02 Å². The molecule has 0 saturated carbocycles. The lowest BCUT2D eigenvalue weighted by atomic mass is 9.73. The molecule has 0 amide bonds. The Bertz CT molecular complexity index is 1590. The van der Waals surface area contributed by atoms with Crippen LogP contribution in [0.3, 0.4) is 0 Å². The zero-order chi connectivity index (χ0) is 27.1. The minimum absolute atomic E-state index is 0.0996. The van der Waals surface area contributed by atoms with Crippen LogP contribution < -0.4 is 14.8 Å². The van der Waals surface area contributed by atoms with Gasteiger partial charge in [-0.1, -0.05) is 74.0 Å². The van der Waals surface area contributed by atoms with E-state index in [0.29, 0.717) is 46.9 Å². The maximum atomic E-state index is 13.6. The van der Waals surface area contributed by atoms with E-state index in [1.54, 1.807) is 11.8 Å². The highest BCUT2D eigenvalue weighted by Crippen LogP contribution is 2.47. The number of hydrogen-bond donors (Lipinski definition) is 1. The Morgan fingerprint density at radius 3 is 2.56 bits per heavy atom. The van der Waals surface area contributed by atoms with Crippen LogP contribution in [0.25, 0.3) is 11.4 Å². The molecule has 8 heteroatoms. The molecule has 1 N–H and O–H groups in total. The molecule has 2 heterocycles. The van der Waals surface area contributed by atoms with Crippen molar-refractivity contribution in [3.8, 4) is 22.9 Å². The fourth-order valence-corrected chi connectivity index (χ4v) is 5.60. The molecule has 1 unspecified atom stereocenters. The van der Waals surface area contributed by atoms with Gasteiger partial charge in [0.05, 0.1) is 12.1 Å². The number of benzene rings is 3. The Labute approximate surface area is 232 Å². The van der Waals surface area contributed by atoms with Gasteiger partial charge in [-0.25, -0.2) is 4.68 Å². The Morgan fingerprint density at radius 2 is 1.79 bits per heavy atom. The largest absolute Gasteiger partial charge is 0.493 e. The summed E-state index contributed by atoms with van der Waals surface area (Å²) >= 11 is 6.48. The molecule has 0 saturated heterocycles. The van der Waals surface area contributed by atoms with Crippen LogP contribution in [0.15, 0.2) is 84.1 Å². The SMILES string of the molecule is COc1cc(C2C3=C(CC(C)(C)CC3=O)Nc3nc(-c4ccccc4Cl)nn32)ccc1OCc1ccccc1. The number of fused-ring (bicyclic) bond motifs is 1. The number of Topliss-reactive ketones (excluding diaryl/α,β-unsaturated/α-hetero) is 1. The van der Waals surface area contributed by atoms with Crippen molar-refractivity contribution in [2.75, 3.05) is 12.4 Å². The van der Waals surface area contributed by atoms with Gasteiger partial charge in [-0.3, -0.25) is 4.79 Å². The highest BCUT2D eigenvalue weighted by atomic mass is 35.5. The average Bonchev–Trinajstić information content (AvgIpc) is 3.34. The third kappa shape index (κ3) is 4.79. The topological polar surface area (TPSA) is 78.3 Å². The van der Waals surface area contributed by atoms with Crippen molar-refractivity contribution in [1.29, 1.82) is 0 Å². The first kappa shape index (κ1) is 25.2. The smallest absolute Gasteiger partial charge is 0.226 e. The molecular weight excluding hydrogens is 512 g/mol. The Morgan fingerprint density at radius 1 is 1.03 bits per heavy atom. The summed E-state index contributed by atoms with van der Waals surface area (Å²) in [5.41, 5.74) is 4.08. The number of halogens is 1. The standard InChI is InChI=1S/C31H29ClN4O3/c1-31(2)16-23-27(24(37)17-31)28(36-30(33-23)34-29(35-36)21-11-7-8-12-22(21)32)20-13-14-25(26(15-20)38-3)39-18-19-9-5-4-6-10-19/h4-15,28H,16-18H2,1-3H3,(H,33,34,35). The van der Waals surface area contributed by atoms with Gasteiger partial charge in [0.1, 0.15) is 12.6 Å². The molecule has 0 fully saturated rings. The first-order chi connectivity index (χ1) is 18.8. The monoisotopic (exact) mass is 540 g/mol. The number of carbonyl (C=O) groups is 1. The van der Waals surface area contributed by atoms with Crippen LogP contribution in [0.1, 0.15) is 43.9 Å². The molecule has 2 aliphatic rings. The van der Waals surface area contributed by atoms with Gasteiger partial charge in [0.25, 0.3) is 0 Å². The molecule has 1 atom stereocenters. The number of hydrogen-bond acceptors (Lipinski definition) is 6. The molecule has 0 spiro atoms.